The van der Waals surface area contributed by atoms with E-state index in [1.54, 1.807) is 13.1 Å². The van der Waals surface area contributed by atoms with E-state index in [-0.39, 0.29) is 10.8 Å². The molecule has 0 aliphatic heterocycles. The zero-order valence-electron chi connectivity index (χ0n) is 29.0. The molecule has 0 heterocycles. The van der Waals surface area contributed by atoms with Crippen molar-refractivity contribution in [2.75, 3.05) is 13.1 Å². The maximum absolute atomic E-state index is 12.0. The van der Waals surface area contributed by atoms with Crippen LogP contribution in [-0.2, 0) is 4.79 Å². The number of hydrogen-bond acceptors (Lipinski definition) is 6. The van der Waals surface area contributed by atoms with Crippen molar-refractivity contribution < 1.29 is 4.79 Å². The van der Waals surface area contributed by atoms with Crippen molar-refractivity contribution in [1.29, 1.82) is 0 Å². The number of allylic oxidation sites excluding steroid dienone is 5. The van der Waals surface area contributed by atoms with Gasteiger partial charge >= 0.3 is 0 Å². The van der Waals surface area contributed by atoms with Crippen LogP contribution in [0.1, 0.15) is 126 Å². The van der Waals surface area contributed by atoms with Crippen LogP contribution in [0.4, 0.5) is 0 Å². The average Bonchev–Trinajstić information content (AvgIpc) is 3.03. The molecule has 3 fully saturated rings. The molecule has 0 aromatic heterocycles. The molecule has 0 radical (unpaired) electrons. The van der Waals surface area contributed by atoms with Crippen molar-refractivity contribution in [1.82, 2.24) is 10.6 Å². The lowest BCUT2D eigenvalue weighted by molar-refractivity contribution is -0.135. The summed E-state index contributed by atoms with van der Waals surface area (Å²) >= 11 is 0. The van der Waals surface area contributed by atoms with E-state index in [9.17, 15) is 4.79 Å². The molecular weight excluding hydrogens is 530 g/mol. The van der Waals surface area contributed by atoms with Crippen LogP contribution >= 0.6 is 0 Å². The quantitative estimate of drug-likeness (QED) is 0.0807. The van der Waals surface area contributed by atoms with E-state index in [1.807, 2.05) is 27.7 Å². The van der Waals surface area contributed by atoms with E-state index in [2.05, 4.69) is 73.5 Å². The summed E-state index contributed by atoms with van der Waals surface area (Å²) in [5.74, 6) is 0.372. The highest BCUT2D eigenvalue weighted by atomic mass is 16.1. The number of hydrogen-bond donors (Lipinski definition) is 4. The molecule has 246 valence electrons. The van der Waals surface area contributed by atoms with Crippen molar-refractivity contribution in [3.8, 4) is 0 Å². The predicted molar refractivity (Wildman–Crippen MR) is 192 cm³/mol. The van der Waals surface area contributed by atoms with Crippen molar-refractivity contribution in [2.45, 2.75) is 126 Å². The number of nitrogens with zero attached hydrogens (tertiary/aromatic N) is 1. The normalized spacial score (nSPS) is 21.0. The Morgan fingerprint density at radius 3 is 1.95 bits per heavy atom. The number of carbonyl (C=O) groups excluding carboxylic acids is 1. The smallest absolute Gasteiger partial charge is 0.135 e. The number of carbonyl (C=O) groups is 1. The molecule has 0 unspecified atom stereocenters. The van der Waals surface area contributed by atoms with Crippen LogP contribution in [0, 0.1) is 10.8 Å². The summed E-state index contributed by atoms with van der Waals surface area (Å²) in [6.45, 7) is 27.7. The minimum atomic E-state index is -0.0445. The highest BCUT2D eigenvalue weighted by molar-refractivity contribution is 6.11. The average molecular weight is 598 g/mol. The number of ketones is 1. The van der Waals surface area contributed by atoms with Crippen LogP contribution in [0.15, 0.2) is 78.5 Å². The largest absolute Gasteiger partial charge is 0.401 e. The topological polar surface area (TPSA) is 106 Å². The minimum absolute atomic E-state index is 0.0445. The highest BCUT2D eigenvalue weighted by Crippen LogP contribution is 2.56. The number of nitrogens with one attached hydrogen (secondary N) is 2. The van der Waals surface area contributed by atoms with Gasteiger partial charge in [0.05, 0.1) is 11.4 Å². The summed E-state index contributed by atoms with van der Waals surface area (Å²) in [7, 11) is 0. The molecule has 3 saturated carbocycles. The molecule has 3 aliphatic rings. The Kier molecular flexibility index (Phi) is 25.2. The first-order chi connectivity index (χ1) is 20.6. The maximum atomic E-state index is 12.0. The van der Waals surface area contributed by atoms with Crippen LogP contribution in [0.2, 0.25) is 0 Å². The summed E-state index contributed by atoms with van der Waals surface area (Å²) in [6, 6.07) is 0. The molecule has 2 bridgehead atoms. The molecule has 6 nitrogen and oxygen atoms in total. The van der Waals surface area contributed by atoms with Gasteiger partial charge in [0.2, 0.25) is 0 Å². The van der Waals surface area contributed by atoms with E-state index in [1.165, 1.54) is 19.0 Å². The number of rotatable bonds is 16. The summed E-state index contributed by atoms with van der Waals surface area (Å²) in [5.41, 5.74) is 14.2. The van der Waals surface area contributed by atoms with Gasteiger partial charge in [-0.1, -0.05) is 78.2 Å². The first-order valence-corrected chi connectivity index (χ1v) is 16.6. The maximum Gasteiger partial charge on any atom is 0.135 e. The summed E-state index contributed by atoms with van der Waals surface area (Å²) in [4.78, 5) is 16.4. The van der Waals surface area contributed by atoms with Crippen LogP contribution in [0.3, 0.4) is 0 Å². The fourth-order valence-electron chi connectivity index (χ4n) is 5.28. The molecule has 0 saturated heterocycles. The van der Waals surface area contributed by atoms with E-state index in [4.69, 9.17) is 11.5 Å². The summed E-state index contributed by atoms with van der Waals surface area (Å²) < 4.78 is 0. The number of aliphatic imine (C=N–C) groups is 1. The molecule has 43 heavy (non-hydrogen) atoms. The van der Waals surface area contributed by atoms with Crippen LogP contribution in [-0.4, -0.2) is 24.6 Å². The fourth-order valence-corrected chi connectivity index (χ4v) is 5.28. The lowest BCUT2D eigenvalue weighted by atomic mass is 9.52. The molecule has 3 aliphatic carbocycles. The van der Waals surface area contributed by atoms with Gasteiger partial charge in [-0.15, -0.1) is 0 Å². The van der Waals surface area contributed by atoms with E-state index in [0.29, 0.717) is 17.2 Å². The van der Waals surface area contributed by atoms with E-state index >= 15 is 0 Å². The SMILES string of the molecule is C/C=C/CC.C/C=C\CCCCN.C=CN=C(C(=C)N/C=C(/N)CCC)C(=C)NCC12CCC(C(C)=O)(CC1)CC2.CC. The molecule has 0 amide bonds. The van der Waals surface area contributed by atoms with Gasteiger partial charge in [0.15, 0.2) is 0 Å². The van der Waals surface area contributed by atoms with E-state index < -0.39 is 0 Å². The zero-order valence-corrected chi connectivity index (χ0v) is 29.0. The van der Waals surface area contributed by atoms with Crippen molar-refractivity contribution >= 4 is 11.5 Å². The molecule has 3 rings (SSSR count). The van der Waals surface area contributed by atoms with Gasteiger partial charge in [0.25, 0.3) is 0 Å². The Labute approximate surface area is 266 Å². The monoisotopic (exact) mass is 598 g/mol. The number of fused-ring (bicyclic) bond motifs is 3. The molecule has 0 spiro atoms. The first kappa shape index (κ1) is 42.3. The molecule has 0 atom stereocenters. The molecule has 6 heteroatoms. The number of Topliss-reactive ketones (excluding diaryl/α,β-unsaturated/α-hetero) is 1. The third-order valence-corrected chi connectivity index (χ3v) is 8.12. The minimum Gasteiger partial charge on any atom is -0.401 e. The Bertz CT molecular complexity index is 901. The summed E-state index contributed by atoms with van der Waals surface area (Å²) in [5, 5.41) is 6.60. The Morgan fingerprint density at radius 1 is 0.953 bits per heavy atom. The van der Waals surface area contributed by atoms with Crippen LogP contribution in [0.5, 0.6) is 0 Å². The standard InChI is InChI=1S/C23H36N4O.C7H15N.C5H10.C2H6/c1-6-8-20(24)15-26-17(3)21(25-7-2)18(4)27-16-22-9-12-23(13-10-22,14-11-22)19(5)28;1-2-3-4-5-6-7-8;1-3-5-4-2;1-2/h7,15,26-27H,2-4,6,8-14,16,24H2,1,5H3;2-3H,4-8H2,1H3;3,5H,4H2,1-2H3;1-2H3/b20-15+,25-21?;3-2-;5-3+;. The highest BCUT2D eigenvalue weighted by Gasteiger charge is 2.50. The second-order valence-electron chi connectivity index (χ2n) is 11.3. The second-order valence-corrected chi connectivity index (χ2v) is 11.3. The lowest BCUT2D eigenvalue weighted by Gasteiger charge is -2.52. The Hall–Kier alpha value is -2.86. The Morgan fingerprint density at radius 2 is 1.53 bits per heavy atom. The van der Waals surface area contributed by atoms with Gasteiger partial charge in [0, 0.05) is 30.1 Å². The van der Waals surface area contributed by atoms with Gasteiger partial charge in [0.1, 0.15) is 11.5 Å². The van der Waals surface area contributed by atoms with Gasteiger partial charge in [-0.25, -0.2) is 0 Å². The van der Waals surface area contributed by atoms with Gasteiger partial charge in [-0.2, -0.15) is 0 Å². The molecule has 6 N–H and O–H groups in total. The molecular formula is C37H67N5O. The van der Waals surface area contributed by atoms with Crippen molar-refractivity contribution in [3.63, 3.8) is 0 Å². The first-order valence-electron chi connectivity index (χ1n) is 16.6. The lowest BCUT2D eigenvalue weighted by Crippen LogP contribution is -2.49. The van der Waals surface area contributed by atoms with Crippen LogP contribution < -0.4 is 22.1 Å². The third-order valence-electron chi connectivity index (χ3n) is 8.12. The van der Waals surface area contributed by atoms with E-state index in [0.717, 1.165) is 88.7 Å². The van der Waals surface area contributed by atoms with Crippen LogP contribution in [0.25, 0.3) is 0 Å². The number of nitrogens with two attached hydrogens (primary N) is 2. The zero-order chi connectivity index (χ0) is 33.2. The molecule has 0 aromatic rings. The molecule has 0 aromatic carbocycles. The summed E-state index contributed by atoms with van der Waals surface area (Å²) in [6.07, 6.45) is 24.6. The van der Waals surface area contributed by atoms with Gasteiger partial charge in [-0.05, 0) is 103 Å². The fraction of sp³-hybridized carbons (Fsp3) is 0.622. The second kappa shape index (κ2) is 25.6. The van der Waals surface area contributed by atoms with Gasteiger partial charge in [-0.3, -0.25) is 9.79 Å². The van der Waals surface area contributed by atoms with Crippen molar-refractivity contribution in [2.24, 2.45) is 27.3 Å². The predicted octanol–water partition coefficient (Wildman–Crippen LogP) is 9.00. The van der Waals surface area contributed by atoms with Gasteiger partial charge < -0.3 is 22.1 Å². The Balaban J connectivity index is 0. The van der Waals surface area contributed by atoms with Crippen molar-refractivity contribution in [3.05, 3.63) is 73.5 Å². The third kappa shape index (κ3) is 17.1. The number of unbranched alkanes of at least 4 members (excludes halogenated alkanes) is 2.